The van der Waals surface area contributed by atoms with Crippen LogP contribution < -0.4 is 5.32 Å². The van der Waals surface area contributed by atoms with Gasteiger partial charge >= 0.3 is 5.97 Å². The van der Waals surface area contributed by atoms with Crippen LogP contribution in [0.4, 0.5) is 0 Å². The van der Waals surface area contributed by atoms with Crippen LogP contribution in [0, 0.1) is 17.3 Å². The maximum atomic E-state index is 14.2. The minimum absolute atomic E-state index is 0.000163. The summed E-state index contributed by atoms with van der Waals surface area (Å²) in [5.74, 6) is -4.07. The Kier molecular flexibility index (Phi) is 8.83. The average Bonchev–Trinajstić information content (AvgIpc) is 3.39. The van der Waals surface area contributed by atoms with Gasteiger partial charge in [0.15, 0.2) is 0 Å². The summed E-state index contributed by atoms with van der Waals surface area (Å²) < 4.78 is 0. The third-order valence-corrected chi connectivity index (χ3v) is 8.91. The van der Waals surface area contributed by atoms with Crippen molar-refractivity contribution in [1.29, 1.82) is 0 Å². The molecule has 2 aromatic carbocycles. The van der Waals surface area contributed by atoms with Gasteiger partial charge in [-0.1, -0.05) is 94.4 Å². The lowest BCUT2D eigenvalue weighted by molar-refractivity contribution is -0.189. The highest BCUT2D eigenvalue weighted by molar-refractivity contribution is 6.24. The van der Waals surface area contributed by atoms with Crippen molar-refractivity contribution in [1.82, 2.24) is 15.3 Å². The number of carboxylic acids is 1. The first kappa shape index (κ1) is 32.9. The first-order valence-corrected chi connectivity index (χ1v) is 15.6. The Morgan fingerprint density at radius 3 is 2.13 bits per heavy atom. The van der Waals surface area contributed by atoms with E-state index in [2.05, 4.69) is 17.1 Å². The fraction of sp³-hybridized carbons (Fsp3) is 0.457. The van der Waals surface area contributed by atoms with Crippen LogP contribution in [0.15, 0.2) is 66.3 Å². The molecule has 2 aromatic rings. The molecule has 2 fully saturated rings. The Balaban J connectivity index is 1.44. The molecule has 1 aliphatic heterocycles. The predicted molar refractivity (Wildman–Crippen MR) is 171 cm³/mol. The minimum Gasteiger partial charge on any atom is -0.479 e. The molecule has 3 amide bonds. The van der Waals surface area contributed by atoms with E-state index in [0.717, 1.165) is 22.3 Å². The molecule has 0 aromatic heterocycles. The van der Waals surface area contributed by atoms with Crippen molar-refractivity contribution >= 4 is 29.4 Å². The van der Waals surface area contributed by atoms with Crippen molar-refractivity contribution in [2.24, 2.45) is 22.4 Å². The maximum absolute atomic E-state index is 14.2. The normalized spacial score (nSPS) is 23.7. The summed E-state index contributed by atoms with van der Waals surface area (Å²) in [6, 6.07) is 13.2. The Labute approximate surface area is 268 Å². The van der Waals surface area contributed by atoms with Gasteiger partial charge in [-0.15, -0.1) is 6.58 Å². The molecule has 11 nitrogen and oxygen atoms in total. The van der Waals surface area contributed by atoms with Crippen molar-refractivity contribution in [3.63, 3.8) is 0 Å². The summed E-state index contributed by atoms with van der Waals surface area (Å²) in [7, 11) is 0. The summed E-state index contributed by atoms with van der Waals surface area (Å²) in [5.41, 5.74) is 2.50. The number of fused-ring (bicyclic) bond motifs is 3. The summed E-state index contributed by atoms with van der Waals surface area (Å²) in [6.45, 7) is 12.6. The van der Waals surface area contributed by atoms with E-state index in [4.69, 9.17) is 4.84 Å². The van der Waals surface area contributed by atoms with Crippen LogP contribution in [0.1, 0.15) is 65.0 Å². The van der Waals surface area contributed by atoms with Gasteiger partial charge in [-0.25, -0.2) is 9.86 Å². The third kappa shape index (κ3) is 6.16. The van der Waals surface area contributed by atoms with Crippen molar-refractivity contribution in [3.8, 4) is 11.1 Å². The Hall–Kier alpha value is -4.51. The lowest BCUT2D eigenvalue weighted by Crippen LogP contribution is -2.58. The van der Waals surface area contributed by atoms with Crippen molar-refractivity contribution in [2.75, 3.05) is 6.54 Å². The highest BCUT2D eigenvalue weighted by atomic mass is 16.6. The van der Waals surface area contributed by atoms with Gasteiger partial charge in [0.25, 0.3) is 0 Å². The molecule has 0 radical (unpaired) electrons. The van der Waals surface area contributed by atoms with Crippen LogP contribution in [0.3, 0.4) is 0 Å². The number of benzene rings is 2. The molecule has 0 bridgehead atoms. The van der Waals surface area contributed by atoms with Gasteiger partial charge < -0.3 is 20.2 Å². The number of rotatable bonds is 10. The summed E-state index contributed by atoms with van der Waals surface area (Å²) in [5, 5.41) is 28.6. The molecule has 1 heterocycles. The molecule has 1 saturated carbocycles. The molecule has 244 valence electrons. The van der Waals surface area contributed by atoms with Gasteiger partial charge in [0.05, 0.1) is 6.54 Å². The van der Waals surface area contributed by atoms with Crippen LogP contribution in [0.2, 0.25) is 0 Å². The molecule has 3 aliphatic rings. The largest absolute Gasteiger partial charge is 0.479 e. The number of hydrogen-bond acceptors (Lipinski definition) is 7. The number of nitrogens with one attached hydrogen (secondary N) is 1. The van der Waals surface area contributed by atoms with Gasteiger partial charge in [-0.05, 0) is 28.9 Å². The highest BCUT2D eigenvalue weighted by Crippen LogP contribution is 2.45. The molecule has 5 atom stereocenters. The molecule has 11 heteroatoms. The lowest BCUT2D eigenvalue weighted by Gasteiger charge is -2.34. The fourth-order valence-electron chi connectivity index (χ4n) is 6.44. The Bertz CT molecular complexity index is 1550. The molecule has 0 unspecified atom stereocenters. The topological polar surface area (TPSA) is 149 Å². The van der Waals surface area contributed by atoms with E-state index in [1.807, 2.05) is 69.3 Å². The van der Waals surface area contributed by atoms with Crippen LogP contribution in [-0.2, 0) is 24.0 Å². The molecule has 46 heavy (non-hydrogen) atoms. The summed E-state index contributed by atoms with van der Waals surface area (Å²) >= 11 is 0. The summed E-state index contributed by atoms with van der Waals surface area (Å²) in [4.78, 5) is 60.4. The lowest BCUT2D eigenvalue weighted by atomic mass is 9.91. The second-order valence-corrected chi connectivity index (χ2v) is 14.0. The molecular weight excluding hydrogens is 588 g/mol. The van der Waals surface area contributed by atoms with Crippen molar-refractivity contribution < 1.29 is 34.3 Å². The zero-order valence-electron chi connectivity index (χ0n) is 26.9. The van der Waals surface area contributed by atoms with Crippen molar-refractivity contribution in [2.45, 2.75) is 77.6 Å². The number of likely N-dealkylation sites (tertiary alicyclic amines) is 1. The van der Waals surface area contributed by atoms with Crippen LogP contribution in [-0.4, -0.2) is 80.0 Å². The second-order valence-electron chi connectivity index (χ2n) is 14.0. The molecule has 0 spiro atoms. The average molecular weight is 631 g/mol. The van der Waals surface area contributed by atoms with Crippen LogP contribution in [0.25, 0.3) is 11.1 Å². The monoisotopic (exact) mass is 630 g/mol. The SMILES string of the molecule is C=C[C@@H]1C[C@@]1(NC(=O)[C@@H]1C[C@@H](ON=C2c3ccccc3-c3ccccc32)CN1C(=O)[C@@H](C(C)C)N(O)C(=O)CC(C)(C)C)C(=O)O. The number of carbonyl (C=O) groups is 4. The van der Waals surface area contributed by atoms with E-state index in [0.29, 0.717) is 10.8 Å². The number of carbonyl (C=O) groups excluding carboxylic acids is 3. The third-order valence-electron chi connectivity index (χ3n) is 8.91. The van der Waals surface area contributed by atoms with E-state index >= 15 is 0 Å². The Morgan fingerprint density at radius 1 is 1.09 bits per heavy atom. The molecule has 5 rings (SSSR count). The van der Waals surface area contributed by atoms with Gasteiger partial charge in [0.1, 0.15) is 29.4 Å². The maximum Gasteiger partial charge on any atom is 0.330 e. The number of hydrogen-bond donors (Lipinski definition) is 3. The van der Waals surface area contributed by atoms with E-state index in [9.17, 15) is 29.5 Å². The fourth-order valence-corrected chi connectivity index (χ4v) is 6.44. The molecular formula is C35H42N4O7. The first-order valence-electron chi connectivity index (χ1n) is 15.6. The predicted octanol–water partition coefficient (Wildman–Crippen LogP) is 4.23. The number of aliphatic carboxylic acids is 1. The minimum atomic E-state index is -1.51. The number of oxime groups is 1. The Morgan fingerprint density at radius 2 is 1.65 bits per heavy atom. The van der Waals surface area contributed by atoms with E-state index in [1.54, 1.807) is 13.8 Å². The number of amides is 3. The molecule has 1 saturated heterocycles. The smallest absolute Gasteiger partial charge is 0.330 e. The van der Waals surface area contributed by atoms with E-state index in [-0.39, 0.29) is 25.8 Å². The van der Waals surface area contributed by atoms with Crippen LogP contribution in [0.5, 0.6) is 0 Å². The number of nitrogens with zero attached hydrogens (tertiary/aromatic N) is 3. The number of carboxylic acid groups (broad SMARTS) is 1. The van der Waals surface area contributed by atoms with Gasteiger partial charge in [0, 0.05) is 29.9 Å². The van der Waals surface area contributed by atoms with Gasteiger partial charge in [-0.3, -0.25) is 19.6 Å². The van der Waals surface area contributed by atoms with Crippen LogP contribution >= 0.6 is 0 Å². The van der Waals surface area contributed by atoms with Gasteiger partial charge in [0.2, 0.25) is 17.7 Å². The zero-order chi connectivity index (χ0) is 33.6. The van der Waals surface area contributed by atoms with E-state index in [1.165, 1.54) is 11.0 Å². The van der Waals surface area contributed by atoms with E-state index < -0.39 is 64.7 Å². The quantitative estimate of drug-likeness (QED) is 0.172. The highest BCUT2D eigenvalue weighted by Gasteiger charge is 2.61. The second kappa shape index (κ2) is 12.4. The first-order chi connectivity index (χ1) is 21.7. The zero-order valence-corrected chi connectivity index (χ0v) is 26.9. The van der Waals surface area contributed by atoms with Crippen molar-refractivity contribution in [3.05, 3.63) is 72.3 Å². The summed E-state index contributed by atoms with van der Waals surface area (Å²) in [6.07, 6.45) is 0.973. The van der Waals surface area contributed by atoms with Gasteiger partial charge in [-0.2, -0.15) is 0 Å². The standard InChI is InChI=1S/C35H42N4O7/c1-7-21-17-35(21,33(43)44)36-31(41)27-16-22(19-38(27)32(42)30(20(2)3)39(45)28(40)18-34(4,5)6)46-37-29-25-14-10-8-12-23(25)24-13-9-11-15-26(24)29/h7-15,20-22,27,30,45H,1,16-19H2,2-6H3,(H,36,41)(H,43,44)/t21-,22-,27+,30-,35+/m1/s1. The molecule has 3 N–H and O–H groups in total. The number of hydroxylamine groups is 2. The molecule has 2 aliphatic carbocycles.